The minimum absolute atomic E-state index is 0.0714. The quantitative estimate of drug-likeness (QED) is 0.229. The number of ether oxygens (including phenoxy) is 4. The van der Waals surface area contributed by atoms with E-state index in [1.54, 1.807) is 19.1 Å². The Morgan fingerprint density at radius 1 is 1.53 bits per heavy atom. The van der Waals surface area contributed by atoms with Gasteiger partial charge in [0.15, 0.2) is 6.79 Å². The fourth-order valence-electron chi connectivity index (χ4n) is 1.29. The number of rotatable bonds is 6. The first kappa shape index (κ1) is 13.9. The molecule has 1 aliphatic heterocycles. The molecular formula is C12H18O5. The molecule has 0 aromatic heterocycles. The summed E-state index contributed by atoms with van der Waals surface area (Å²) < 4.78 is 20.4. The zero-order valence-corrected chi connectivity index (χ0v) is 10.0. The van der Waals surface area contributed by atoms with Crippen molar-refractivity contribution in [2.24, 2.45) is 0 Å². The molecule has 1 heterocycles. The maximum Gasteiger partial charge on any atom is 0.335 e. The van der Waals surface area contributed by atoms with Gasteiger partial charge in [0.05, 0.1) is 32.5 Å². The Labute approximate surface area is 101 Å². The average molecular weight is 242 g/mol. The van der Waals surface area contributed by atoms with Gasteiger partial charge in [0.2, 0.25) is 0 Å². The molecule has 0 bridgehead atoms. The van der Waals surface area contributed by atoms with Crippen molar-refractivity contribution in [3.63, 3.8) is 0 Å². The Bertz CT molecular complexity index is 279. The predicted molar refractivity (Wildman–Crippen MR) is 61.4 cm³/mol. The van der Waals surface area contributed by atoms with Crippen LogP contribution in [-0.4, -0.2) is 45.3 Å². The lowest BCUT2D eigenvalue weighted by molar-refractivity contribution is -0.150. The maximum atomic E-state index is 11.5. The Kier molecular flexibility index (Phi) is 6.54. The van der Waals surface area contributed by atoms with E-state index in [9.17, 15) is 4.79 Å². The van der Waals surface area contributed by atoms with Crippen molar-refractivity contribution >= 4 is 5.97 Å². The summed E-state index contributed by atoms with van der Waals surface area (Å²) in [6.45, 7) is 7.06. The van der Waals surface area contributed by atoms with E-state index in [1.165, 1.54) is 0 Å². The van der Waals surface area contributed by atoms with Gasteiger partial charge in [-0.25, -0.2) is 4.79 Å². The van der Waals surface area contributed by atoms with Crippen LogP contribution >= 0.6 is 0 Å². The Hall–Kier alpha value is -1.17. The van der Waals surface area contributed by atoms with Gasteiger partial charge in [-0.15, -0.1) is 6.58 Å². The highest BCUT2D eigenvalue weighted by Crippen LogP contribution is 2.06. The van der Waals surface area contributed by atoms with Crippen molar-refractivity contribution in [1.29, 1.82) is 0 Å². The number of hydrogen-bond donors (Lipinski definition) is 0. The van der Waals surface area contributed by atoms with Crippen LogP contribution in [-0.2, 0) is 23.7 Å². The Balaban J connectivity index is 2.28. The van der Waals surface area contributed by atoms with Crippen molar-refractivity contribution in [3.8, 4) is 0 Å². The standard InChI is InChI=1S/C12H18O5/c1-3-4-15-9-17-12(13)10(2)7-11-8-14-5-6-16-11/h3,7,11H,1,4-6,8-9H2,2H3. The topological polar surface area (TPSA) is 54.0 Å². The molecule has 1 unspecified atom stereocenters. The smallest absolute Gasteiger partial charge is 0.335 e. The summed E-state index contributed by atoms with van der Waals surface area (Å²) in [7, 11) is 0. The second-order valence-electron chi connectivity index (χ2n) is 3.54. The molecule has 0 aliphatic carbocycles. The molecule has 1 rings (SSSR count). The van der Waals surface area contributed by atoms with Gasteiger partial charge in [-0.05, 0) is 13.0 Å². The third-order valence-corrected chi connectivity index (χ3v) is 2.11. The average Bonchev–Trinajstić information content (AvgIpc) is 2.35. The van der Waals surface area contributed by atoms with Crippen LogP contribution in [0.1, 0.15) is 6.92 Å². The SMILES string of the molecule is C=CCOCOC(=O)C(C)=CC1COCCO1. The zero-order valence-electron chi connectivity index (χ0n) is 10.0. The molecule has 96 valence electrons. The lowest BCUT2D eigenvalue weighted by Crippen LogP contribution is -2.27. The molecule has 1 fully saturated rings. The molecule has 0 aromatic rings. The molecule has 0 saturated carbocycles. The summed E-state index contributed by atoms with van der Waals surface area (Å²) in [5.41, 5.74) is 0.489. The van der Waals surface area contributed by atoms with E-state index >= 15 is 0 Å². The number of carbonyl (C=O) groups is 1. The minimum Gasteiger partial charge on any atom is -0.435 e. The predicted octanol–water partition coefficient (Wildman–Crippen LogP) is 1.05. The van der Waals surface area contributed by atoms with Crippen LogP contribution in [0.3, 0.4) is 0 Å². The van der Waals surface area contributed by atoms with Gasteiger partial charge in [-0.3, -0.25) is 0 Å². The summed E-state index contributed by atoms with van der Waals surface area (Å²) in [6.07, 6.45) is 3.11. The second kappa shape index (κ2) is 8.00. The highest BCUT2D eigenvalue weighted by molar-refractivity contribution is 5.87. The third kappa shape index (κ3) is 5.63. The van der Waals surface area contributed by atoms with E-state index in [0.29, 0.717) is 32.0 Å². The molecular weight excluding hydrogens is 224 g/mol. The van der Waals surface area contributed by atoms with Gasteiger partial charge in [0, 0.05) is 5.57 Å². The number of hydrogen-bond acceptors (Lipinski definition) is 5. The van der Waals surface area contributed by atoms with Gasteiger partial charge in [0.25, 0.3) is 0 Å². The molecule has 0 spiro atoms. The van der Waals surface area contributed by atoms with E-state index in [2.05, 4.69) is 6.58 Å². The fraction of sp³-hybridized carbons (Fsp3) is 0.583. The first-order valence-electron chi connectivity index (χ1n) is 5.47. The molecule has 1 saturated heterocycles. The van der Waals surface area contributed by atoms with E-state index < -0.39 is 5.97 Å². The highest BCUT2D eigenvalue weighted by Gasteiger charge is 2.14. The van der Waals surface area contributed by atoms with Gasteiger partial charge in [-0.1, -0.05) is 6.08 Å². The van der Waals surface area contributed by atoms with Crippen LogP contribution in [0.25, 0.3) is 0 Å². The molecule has 0 amide bonds. The summed E-state index contributed by atoms with van der Waals surface area (Å²) in [6, 6.07) is 0. The van der Waals surface area contributed by atoms with Gasteiger partial charge in [0.1, 0.15) is 0 Å². The summed E-state index contributed by atoms with van der Waals surface area (Å²) in [5, 5.41) is 0. The normalized spacial score (nSPS) is 21.0. The van der Waals surface area contributed by atoms with Crippen molar-refractivity contribution in [2.45, 2.75) is 13.0 Å². The van der Waals surface area contributed by atoms with E-state index in [-0.39, 0.29) is 12.9 Å². The summed E-state index contributed by atoms with van der Waals surface area (Å²) in [5.74, 6) is -0.414. The van der Waals surface area contributed by atoms with E-state index in [4.69, 9.17) is 18.9 Å². The lowest BCUT2D eigenvalue weighted by Gasteiger charge is -2.20. The van der Waals surface area contributed by atoms with Gasteiger partial charge in [-0.2, -0.15) is 0 Å². The highest BCUT2D eigenvalue weighted by atomic mass is 16.7. The number of carbonyl (C=O) groups excluding carboxylic acids is 1. The summed E-state index contributed by atoms with van der Waals surface area (Å²) >= 11 is 0. The van der Waals surface area contributed by atoms with Crippen molar-refractivity contribution in [3.05, 3.63) is 24.3 Å². The minimum atomic E-state index is -0.414. The zero-order chi connectivity index (χ0) is 12.5. The first-order chi connectivity index (χ1) is 8.24. The van der Waals surface area contributed by atoms with Crippen LogP contribution in [0, 0.1) is 0 Å². The van der Waals surface area contributed by atoms with Crippen LogP contribution in [0.15, 0.2) is 24.3 Å². The molecule has 0 aromatic carbocycles. The van der Waals surface area contributed by atoms with E-state index in [1.807, 2.05) is 0 Å². The Morgan fingerprint density at radius 3 is 3.00 bits per heavy atom. The molecule has 0 N–H and O–H groups in total. The van der Waals surface area contributed by atoms with Gasteiger partial charge >= 0.3 is 5.97 Å². The fourth-order valence-corrected chi connectivity index (χ4v) is 1.29. The van der Waals surface area contributed by atoms with Gasteiger partial charge < -0.3 is 18.9 Å². The molecule has 5 nitrogen and oxygen atoms in total. The van der Waals surface area contributed by atoms with Crippen LogP contribution in [0.2, 0.25) is 0 Å². The molecule has 1 atom stereocenters. The first-order valence-corrected chi connectivity index (χ1v) is 5.47. The van der Waals surface area contributed by atoms with Crippen LogP contribution in [0.5, 0.6) is 0 Å². The van der Waals surface area contributed by atoms with Crippen molar-refractivity contribution in [2.75, 3.05) is 33.2 Å². The van der Waals surface area contributed by atoms with Crippen molar-refractivity contribution in [1.82, 2.24) is 0 Å². The largest absolute Gasteiger partial charge is 0.435 e. The second-order valence-corrected chi connectivity index (χ2v) is 3.54. The molecule has 1 aliphatic rings. The molecule has 5 heteroatoms. The van der Waals surface area contributed by atoms with E-state index in [0.717, 1.165) is 0 Å². The molecule has 17 heavy (non-hydrogen) atoms. The molecule has 0 radical (unpaired) electrons. The Morgan fingerprint density at radius 2 is 2.35 bits per heavy atom. The third-order valence-electron chi connectivity index (χ3n) is 2.11. The lowest BCUT2D eigenvalue weighted by atomic mass is 10.2. The number of esters is 1. The monoisotopic (exact) mass is 242 g/mol. The van der Waals surface area contributed by atoms with Crippen LogP contribution < -0.4 is 0 Å². The van der Waals surface area contributed by atoms with Crippen LogP contribution in [0.4, 0.5) is 0 Å². The maximum absolute atomic E-state index is 11.5. The van der Waals surface area contributed by atoms with Crippen molar-refractivity contribution < 1.29 is 23.7 Å². The summed E-state index contributed by atoms with van der Waals surface area (Å²) in [4.78, 5) is 11.5.